The molecule has 1 aliphatic heterocycles. The van der Waals surface area contributed by atoms with E-state index in [1.807, 2.05) is 18.2 Å². The minimum Gasteiger partial charge on any atom is -0.497 e. The number of nitro benzene ring substituents is 1. The Morgan fingerprint density at radius 1 is 1.19 bits per heavy atom. The maximum Gasteiger partial charge on any atom is 0.269 e. The zero-order chi connectivity index (χ0) is 19.6. The van der Waals surface area contributed by atoms with Crippen LogP contribution in [0.5, 0.6) is 5.75 Å². The number of non-ortho nitro benzene ring substituents is 1. The molecule has 0 spiro atoms. The van der Waals surface area contributed by atoms with Gasteiger partial charge in [-0.25, -0.2) is 0 Å². The van der Waals surface area contributed by atoms with Crippen LogP contribution < -0.4 is 10.1 Å². The quantitative estimate of drug-likeness (QED) is 0.354. The fourth-order valence-corrected chi connectivity index (χ4v) is 3.57. The number of rotatable bonds is 6. The zero-order valence-electron chi connectivity index (χ0n) is 15.6. The lowest BCUT2D eigenvalue weighted by Crippen LogP contribution is -2.34. The maximum absolute atomic E-state index is 12.7. The lowest BCUT2D eigenvalue weighted by molar-refractivity contribution is -0.384. The molecule has 6 heteroatoms. The Labute approximate surface area is 158 Å². The summed E-state index contributed by atoms with van der Waals surface area (Å²) in [7, 11) is 1.61. The van der Waals surface area contributed by atoms with E-state index >= 15 is 0 Å². The molecule has 2 aromatic rings. The van der Waals surface area contributed by atoms with Gasteiger partial charge in [0.15, 0.2) is 5.78 Å². The molecule has 0 amide bonds. The van der Waals surface area contributed by atoms with E-state index in [0.717, 1.165) is 35.4 Å². The number of carbonyl (C=O) groups is 1. The number of ether oxygens (including phenoxy) is 1. The average Bonchev–Trinajstić information content (AvgIpc) is 3.01. The highest BCUT2D eigenvalue weighted by Gasteiger charge is 2.38. The molecule has 0 radical (unpaired) electrons. The van der Waals surface area contributed by atoms with Crippen molar-refractivity contribution in [1.29, 1.82) is 0 Å². The van der Waals surface area contributed by atoms with Gasteiger partial charge in [0.05, 0.1) is 17.6 Å². The van der Waals surface area contributed by atoms with Crippen LogP contribution in [-0.4, -0.2) is 17.8 Å². The first-order chi connectivity index (χ1) is 12.9. The molecule has 1 aliphatic rings. The van der Waals surface area contributed by atoms with Crippen molar-refractivity contribution in [2.75, 3.05) is 7.11 Å². The normalized spacial score (nSPS) is 15.9. The van der Waals surface area contributed by atoms with Crippen molar-refractivity contribution < 1.29 is 14.5 Å². The van der Waals surface area contributed by atoms with Gasteiger partial charge in [-0.05, 0) is 42.7 Å². The van der Waals surface area contributed by atoms with Gasteiger partial charge < -0.3 is 10.1 Å². The minimum absolute atomic E-state index is 0.0377. The van der Waals surface area contributed by atoms with Gasteiger partial charge in [-0.15, -0.1) is 0 Å². The van der Waals surface area contributed by atoms with E-state index in [0.29, 0.717) is 5.56 Å². The van der Waals surface area contributed by atoms with Crippen molar-refractivity contribution in [3.63, 3.8) is 0 Å². The number of allylic oxidation sites excluding steroid dienone is 1. The molecule has 0 aliphatic carbocycles. The second-order valence-electron chi connectivity index (χ2n) is 6.55. The smallest absolute Gasteiger partial charge is 0.269 e. The molecule has 0 bridgehead atoms. The lowest BCUT2D eigenvalue weighted by atomic mass is 9.85. The highest BCUT2D eigenvalue weighted by Crippen LogP contribution is 2.43. The number of benzene rings is 2. The third-order valence-electron chi connectivity index (χ3n) is 5.25. The first-order valence-corrected chi connectivity index (χ1v) is 8.91. The zero-order valence-corrected chi connectivity index (χ0v) is 15.6. The summed E-state index contributed by atoms with van der Waals surface area (Å²) >= 11 is 0. The molecule has 1 heterocycles. The Kier molecular flexibility index (Phi) is 4.99. The van der Waals surface area contributed by atoms with Crippen LogP contribution >= 0.6 is 0 Å². The molecule has 0 fully saturated rings. The second-order valence-corrected chi connectivity index (χ2v) is 6.55. The summed E-state index contributed by atoms with van der Waals surface area (Å²) < 4.78 is 5.34. The minimum atomic E-state index is -0.482. The molecule has 0 saturated heterocycles. The number of ketones is 1. The molecule has 140 valence electrons. The topological polar surface area (TPSA) is 81.5 Å². The van der Waals surface area contributed by atoms with Crippen LogP contribution in [0.3, 0.4) is 0 Å². The summed E-state index contributed by atoms with van der Waals surface area (Å²) in [6.07, 6.45) is 3.32. The first kappa shape index (κ1) is 18.6. The number of methoxy groups -OCH3 is 1. The van der Waals surface area contributed by atoms with Crippen LogP contribution in [0, 0.1) is 10.1 Å². The Hall–Kier alpha value is -3.15. The number of nitro groups is 1. The van der Waals surface area contributed by atoms with E-state index in [9.17, 15) is 14.9 Å². The number of hydrogen-bond acceptors (Lipinski definition) is 5. The number of nitrogens with zero attached hydrogens (tertiary/aromatic N) is 1. The summed E-state index contributed by atoms with van der Waals surface area (Å²) in [5.74, 6) is 0.524. The summed E-state index contributed by atoms with van der Waals surface area (Å²) in [4.78, 5) is 23.0. The van der Waals surface area contributed by atoms with Crippen LogP contribution in [0.25, 0.3) is 5.70 Å². The largest absolute Gasteiger partial charge is 0.497 e. The van der Waals surface area contributed by atoms with E-state index in [4.69, 9.17) is 4.74 Å². The average molecular weight is 366 g/mol. The standard InChI is InChI=1S/C21H22N2O4/c1-4-21(5-2)18-11-10-16(27-3)12-17(18)19(22-21)13-20(24)14-6-8-15(9-7-14)23(25)26/h6-13,22H,4-5H2,1-3H3/b19-13-. The number of hydrogen-bond donors (Lipinski definition) is 1. The van der Waals surface area contributed by atoms with Gasteiger partial charge >= 0.3 is 0 Å². The van der Waals surface area contributed by atoms with E-state index in [1.54, 1.807) is 13.2 Å². The number of fused-ring (bicyclic) bond motifs is 1. The SMILES string of the molecule is CCC1(CC)N/C(=C\C(=O)c2ccc([N+](=O)[O-])cc2)c2cc(OC)ccc21. The fraction of sp³-hybridized carbons (Fsp3) is 0.286. The highest BCUT2D eigenvalue weighted by atomic mass is 16.6. The fourth-order valence-electron chi connectivity index (χ4n) is 3.57. The monoisotopic (exact) mass is 366 g/mol. The summed E-state index contributed by atoms with van der Waals surface area (Å²) in [5, 5.41) is 14.3. The predicted octanol–water partition coefficient (Wildman–Crippen LogP) is 4.45. The number of nitrogens with one attached hydrogen (secondary N) is 1. The van der Waals surface area contributed by atoms with Gasteiger partial charge in [-0.3, -0.25) is 14.9 Å². The van der Waals surface area contributed by atoms with Crippen LogP contribution in [0.1, 0.15) is 48.2 Å². The predicted molar refractivity (Wildman–Crippen MR) is 104 cm³/mol. The van der Waals surface area contributed by atoms with Crippen molar-refractivity contribution >= 4 is 17.2 Å². The molecule has 0 unspecified atom stereocenters. The molecule has 3 rings (SSSR count). The van der Waals surface area contributed by atoms with Crippen molar-refractivity contribution in [3.05, 3.63) is 75.3 Å². The molecular weight excluding hydrogens is 344 g/mol. The Balaban J connectivity index is 2.01. The molecule has 6 nitrogen and oxygen atoms in total. The van der Waals surface area contributed by atoms with Crippen LogP contribution in [0.2, 0.25) is 0 Å². The third kappa shape index (κ3) is 3.30. The molecule has 0 atom stereocenters. The first-order valence-electron chi connectivity index (χ1n) is 8.91. The highest BCUT2D eigenvalue weighted by molar-refractivity contribution is 6.09. The molecule has 1 N–H and O–H groups in total. The van der Waals surface area contributed by atoms with Crippen LogP contribution in [0.15, 0.2) is 48.5 Å². The van der Waals surface area contributed by atoms with Crippen molar-refractivity contribution in [2.45, 2.75) is 32.2 Å². The van der Waals surface area contributed by atoms with Gasteiger partial charge in [0, 0.05) is 35.0 Å². The molecule has 0 aromatic heterocycles. The van der Waals surface area contributed by atoms with Crippen LogP contribution in [-0.2, 0) is 5.54 Å². The van der Waals surface area contributed by atoms with E-state index in [-0.39, 0.29) is 17.0 Å². The van der Waals surface area contributed by atoms with E-state index in [2.05, 4.69) is 19.2 Å². The van der Waals surface area contributed by atoms with Crippen molar-refractivity contribution in [3.8, 4) is 5.75 Å². The van der Waals surface area contributed by atoms with Gasteiger partial charge in [0.25, 0.3) is 5.69 Å². The summed E-state index contributed by atoms with van der Waals surface area (Å²) in [5.41, 5.74) is 3.00. The second kappa shape index (κ2) is 7.23. The van der Waals surface area contributed by atoms with E-state index < -0.39 is 4.92 Å². The third-order valence-corrected chi connectivity index (χ3v) is 5.25. The summed E-state index contributed by atoms with van der Waals surface area (Å²) in [6, 6.07) is 11.6. The van der Waals surface area contributed by atoms with Gasteiger partial charge in [0.1, 0.15) is 5.75 Å². The Morgan fingerprint density at radius 2 is 1.85 bits per heavy atom. The Bertz CT molecular complexity index is 912. The van der Waals surface area contributed by atoms with Crippen molar-refractivity contribution in [2.24, 2.45) is 0 Å². The van der Waals surface area contributed by atoms with Gasteiger partial charge in [0.2, 0.25) is 0 Å². The van der Waals surface area contributed by atoms with Gasteiger partial charge in [-0.2, -0.15) is 0 Å². The molecule has 27 heavy (non-hydrogen) atoms. The van der Waals surface area contributed by atoms with Crippen LogP contribution in [0.4, 0.5) is 5.69 Å². The van der Waals surface area contributed by atoms with E-state index in [1.165, 1.54) is 24.3 Å². The molecule has 0 saturated carbocycles. The maximum atomic E-state index is 12.7. The number of carbonyl (C=O) groups excluding carboxylic acids is 1. The summed E-state index contributed by atoms with van der Waals surface area (Å²) in [6.45, 7) is 4.23. The van der Waals surface area contributed by atoms with Crippen molar-refractivity contribution in [1.82, 2.24) is 5.32 Å². The molecular formula is C21H22N2O4. The van der Waals surface area contributed by atoms with Gasteiger partial charge in [-0.1, -0.05) is 19.9 Å². The lowest BCUT2D eigenvalue weighted by Gasteiger charge is -2.28. The molecule has 2 aromatic carbocycles. The Morgan fingerprint density at radius 3 is 2.41 bits per heavy atom.